The Morgan fingerprint density at radius 1 is 1.13 bits per heavy atom. The average molecular weight is 338 g/mol. The molecular formula is C14H12F2N4O2S. The fraction of sp³-hybridized carbons (Fsp3) is 0.143. The third-order valence-electron chi connectivity index (χ3n) is 3.19. The summed E-state index contributed by atoms with van der Waals surface area (Å²) in [4.78, 5) is -0.0656. The lowest BCUT2D eigenvalue weighted by Crippen LogP contribution is -2.14. The molecule has 2 heterocycles. The Bertz CT molecular complexity index is 965. The van der Waals surface area contributed by atoms with Crippen LogP contribution in [0, 0.1) is 11.6 Å². The molecule has 1 N–H and O–H groups in total. The van der Waals surface area contributed by atoms with Crippen molar-refractivity contribution in [2.24, 2.45) is 0 Å². The SMILES string of the molecule is CCc1nnc2ccc(S(=O)(=O)Nc3cc(F)cc(F)c3)cn12. The van der Waals surface area contributed by atoms with Crippen LogP contribution >= 0.6 is 0 Å². The number of nitrogens with one attached hydrogen (secondary N) is 1. The second-order valence-corrected chi connectivity index (χ2v) is 6.51. The van der Waals surface area contributed by atoms with E-state index in [1.165, 1.54) is 18.3 Å². The average Bonchev–Trinajstić information content (AvgIpc) is 2.87. The van der Waals surface area contributed by atoms with Crippen LogP contribution in [0.3, 0.4) is 0 Å². The quantitative estimate of drug-likeness (QED) is 0.792. The first-order valence-electron chi connectivity index (χ1n) is 6.71. The van der Waals surface area contributed by atoms with Crippen LogP contribution in [0.5, 0.6) is 0 Å². The molecule has 0 aliphatic carbocycles. The highest BCUT2D eigenvalue weighted by Gasteiger charge is 2.17. The van der Waals surface area contributed by atoms with E-state index in [4.69, 9.17) is 0 Å². The van der Waals surface area contributed by atoms with Crippen LogP contribution in [0.1, 0.15) is 12.7 Å². The number of halogens is 2. The van der Waals surface area contributed by atoms with Crippen LogP contribution < -0.4 is 4.72 Å². The highest BCUT2D eigenvalue weighted by atomic mass is 32.2. The molecule has 0 spiro atoms. The number of hydrogen-bond donors (Lipinski definition) is 1. The van der Waals surface area contributed by atoms with Gasteiger partial charge in [-0.05, 0) is 24.3 Å². The zero-order valence-corrected chi connectivity index (χ0v) is 12.8. The highest BCUT2D eigenvalue weighted by Crippen LogP contribution is 2.19. The van der Waals surface area contributed by atoms with Crippen LogP contribution in [0.2, 0.25) is 0 Å². The molecule has 9 heteroatoms. The summed E-state index contributed by atoms with van der Waals surface area (Å²) in [5.41, 5.74) is 0.319. The molecule has 120 valence electrons. The van der Waals surface area contributed by atoms with Crippen molar-refractivity contribution in [3.05, 3.63) is 54.0 Å². The van der Waals surface area contributed by atoms with Gasteiger partial charge in [0.15, 0.2) is 5.65 Å². The minimum atomic E-state index is -4.00. The van der Waals surface area contributed by atoms with Gasteiger partial charge in [0.05, 0.1) is 5.69 Å². The van der Waals surface area contributed by atoms with Crippen LogP contribution in [0.25, 0.3) is 5.65 Å². The van der Waals surface area contributed by atoms with Gasteiger partial charge < -0.3 is 0 Å². The summed E-state index contributed by atoms with van der Waals surface area (Å²) in [6.07, 6.45) is 1.94. The van der Waals surface area contributed by atoms with Gasteiger partial charge in [0.2, 0.25) is 0 Å². The smallest absolute Gasteiger partial charge is 0.263 e. The van der Waals surface area contributed by atoms with E-state index in [0.29, 0.717) is 24.0 Å². The predicted molar refractivity (Wildman–Crippen MR) is 79.5 cm³/mol. The molecule has 0 fully saturated rings. The second-order valence-electron chi connectivity index (χ2n) is 4.83. The topological polar surface area (TPSA) is 76.4 Å². The summed E-state index contributed by atoms with van der Waals surface area (Å²) < 4.78 is 54.8. The first-order valence-corrected chi connectivity index (χ1v) is 8.20. The molecule has 3 aromatic rings. The molecule has 0 aliphatic rings. The lowest BCUT2D eigenvalue weighted by Gasteiger charge is -2.09. The fourth-order valence-electron chi connectivity index (χ4n) is 2.15. The van der Waals surface area contributed by atoms with Crippen molar-refractivity contribution >= 4 is 21.4 Å². The van der Waals surface area contributed by atoms with Gasteiger partial charge in [0.1, 0.15) is 22.4 Å². The maximum atomic E-state index is 13.2. The molecule has 0 unspecified atom stereocenters. The molecule has 1 aromatic carbocycles. The van der Waals surface area contributed by atoms with Crippen molar-refractivity contribution in [2.45, 2.75) is 18.2 Å². The number of aryl methyl sites for hydroxylation is 1. The van der Waals surface area contributed by atoms with E-state index in [-0.39, 0.29) is 10.6 Å². The Kier molecular flexibility index (Phi) is 3.72. The first kappa shape index (κ1) is 15.3. The molecule has 0 radical (unpaired) electrons. The Morgan fingerprint density at radius 3 is 2.48 bits per heavy atom. The van der Waals surface area contributed by atoms with E-state index in [2.05, 4.69) is 14.9 Å². The molecule has 0 amide bonds. The summed E-state index contributed by atoms with van der Waals surface area (Å²) in [6, 6.07) is 5.31. The van der Waals surface area contributed by atoms with Gasteiger partial charge in [-0.25, -0.2) is 17.2 Å². The van der Waals surface area contributed by atoms with E-state index >= 15 is 0 Å². The predicted octanol–water partition coefficient (Wildman–Crippen LogP) is 2.37. The number of aromatic nitrogens is 3. The number of hydrogen-bond acceptors (Lipinski definition) is 4. The van der Waals surface area contributed by atoms with E-state index in [9.17, 15) is 17.2 Å². The summed E-state index contributed by atoms with van der Waals surface area (Å²) in [6.45, 7) is 1.87. The summed E-state index contributed by atoms with van der Waals surface area (Å²) >= 11 is 0. The Labute approximate surface area is 130 Å². The van der Waals surface area contributed by atoms with Gasteiger partial charge in [-0.15, -0.1) is 10.2 Å². The highest BCUT2D eigenvalue weighted by molar-refractivity contribution is 7.92. The summed E-state index contributed by atoms with van der Waals surface area (Å²) in [5, 5.41) is 7.86. The standard InChI is InChI=1S/C14H12F2N4O2S/c1-2-13-17-18-14-4-3-12(8-20(13)14)23(21,22)19-11-6-9(15)5-10(16)7-11/h3-8,19H,2H2,1H3. The summed E-state index contributed by atoms with van der Waals surface area (Å²) in [7, 11) is -4.00. The van der Waals surface area contributed by atoms with Crippen LogP contribution in [-0.4, -0.2) is 23.0 Å². The minimum Gasteiger partial charge on any atom is -0.285 e. The number of sulfonamides is 1. The molecule has 0 saturated heterocycles. The monoisotopic (exact) mass is 338 g/mol. The van der Waals surface area contributed by atoms with E-state index in [1.807, 2.05) is 6.92 Å². The maximum absolute atomic E-state index is 13.2. The third-order valence-corrected chi connectivity index (χ3v) is 4.55. The van der Waals surface area contributed by atoms with Crippen molar-refractivity contribution in [3.8, 4) is 0 Å². The minimum absolute atomic E-state index is 0.0656. The van der Waals surface area contributed by atoms with Crippen molar-refractivity contribution in [3.63, 3.8) is 0 Å². The second kappa shape index (κ2) is 5.58. The zero-order valence-electron chi connectivity index (χ0n) is 12.0. The number of anilines is 1. The van der Waals surface area contributed by atoms with Crippen molar-refractivity contribution in [1.82, 2.24) is 14.6 Å². The van der Waals surface area contributed by atoms with Gasteiger partial charge in [-0.2, -0.15) is 0 Å². The van der Waals surface area contributed by atoms with Gasteiger partial charge >= 0.3 is 0 Å². The fourth-order valence-corrected chi connectivity index (χ4v) is 3.18. The normalized spacial score (nSPS) is 11.8. The van der Waals surface area contributed by atoms with Gasteiger partial charge in [0, 0.05) is 18.7 Å². The number of rotatable bonds is 4. The number of nitrogens with zero attached hydrogens (tertiary/aromatic N) is 3. The molecule has 0 aliphatic heterocycles. The van der Waals surface area contributed by atoms with Gasteiger partial charge in [-0.1, -0.05) is 6.92 Å². The van der Waals surface area contributed by atoms with Crippen LogP contribution in [0.4, 0.5) is 14.5 Å². The Morgan fingerprint density at radius 2 is 1.83 bits per heavy atom. The third kappa shape index (κ3) is 3.00. The van der Waals surface area contributed by atoms with E-state index in [0.717, 1.165) is 12.1 Å². The van der Waals surface area contributed by atoms with E-state index < -0.39 is 21.7 Å². The first-order chi connectivity index (χ1) is 10.9. The number of pyridine rings is 1. The molecule has 3 rings (SSSR count). The number of fused-ring (bicyclic) bond motifs is 1. The molecule has 6 nitrogen and oxygen atoms in total. The Balaban J connectivity index is 2.01. The summed E-state index contributed by atoms with van der Waals surface area (Å²) in [5.74, 6) is -1.13. The largest absolute Gasteiger partial charge is 0.285 e. The van der Waals surface area contributed by atoms with Crippen molar-refractivity contribution in [2.75, 3.05) is 4.72 Å². The molecular weight excluding hydrogens is 326 g/mol. The van der Waals surface area contributed by atoms with Crippen LogP contribution in [-0.2, 0) is 16.4 Å². The maximum Gasteiger partial charge on any atom is 0.263 e. The lowest BCUT2D eigenvalue weighted by atomic mass is 10.3. The van der Waals surface area contributed by atoms with Gasteiger partial charge in [0.25, 0.3) is 10.0 Å². The zero-order chi connectivity index (χ0) is 16.6. The van der Waals surface area contributed by atoms with Gasteiger partial charge in [-0.3, -0.25) is 9.12 Å². The number of benzene rings is 1. The lowest BCUT2D eigenvalue weighted by molar-refractivity contribution is 0.584. The molecule has 2 aromatic heterocycles. The Hall–Kier alpha value is -2.55. The molecule has 23 heavy (non-hydrogen) atoms. The molecule has 0 bridgehead atoms. The van der Waals surface area contributed by atoms with Crippen LogP contribution in [0.15, 0.2) is 41.4 Å². The van der Waals surface area contributed by atoms with Crippen molar-refractivity contribution < 1.29 is 17.2 Å². The molecule has 0 atom stereocenters. The molecule has 0 saturated carbocycles. The van der Waals surface area contributed by atoms with Crippen molar-refractivity contribution in [1.29, 1.82) is 0 Å². The van der Waals surface area contributed by atoms with E-state index in [1.54, 1.807) is 4.40 Å².